The SMILES string of the molecule is C=C1C(=O)N(Cc2ccc(-c3cccnc3)nn2)CCN1C1CCCC1. The monoisotopic (exact) mass is 349 g/mol. The van der Waals surface area contributed by atoms with Crippen LogP contribution in [0.4, 0.5) is 0 Å². The second-order valence-corrected chi connectivity index (χ2v) is 6.96. The Labute approximate surface area is 153 Å². The first kappa shape index (κ1) is 16.7. The van der Waals surface area contributed by atoms with E-state index in [1.807, 2.05) is 29.2 Å². The number of nitrogens with zero attached hydrogens (tertiary/aromatic N) is 5. The molecule has 1 saturated carbocycles. The summed E-state index contributed by atoms with van der Waals surface area (Å²) < 4.78 is 0. The van der Waals surface area contributed by atoms with Gasteiger partial charge in [-0.15, -0.1) is 0 Å². The first-order valence-corrected chi connectivity index (χ1v) is 9.20. The van der Waals surface area contributed by atoms with E-state index in [1.54, 1.807) is 12.4 Å². The molecule has 0 N–H and O–H groups in total. The zero-order valence-electron chi connectivity index (χ0n) is 14.8. The van der Waals surface area contributed by atoms with Crippen LogP contribution >= 0.6 is 0 Å². The molecule has 1 aliphatic heterocycles. The van der Waals surface area contributed by atoms with Gasteiger partial charge in [0.2, 0.25) is 0 Å². The Bertz CT molecular complexity index is 784. The van der Waals surface area contributed by atoms with Gasteiger partial charge in [0.1, 0.15) is 0 Å². The number of carbonyl (C=O) groups excluding carboxylic acids is 1. The van der Waals surface area contributed by atoms with E-state index >= 15 is 0 Å². The second-order valence-electron chi connectivity index (χ2n) is 6.96. The highest BCUT2D eigenvalue weighted by Gasteiger charge is 2.33. The number of pyridine rings is 1. The third kappa shape index (κ3) is 3.31. The molecule has 4 rings (SSSR count). The molecule has 0 atom stereocenters. The van der Waals surface area contributed by atoms with Crippen LogP contribution in [0.1, 0.15) is 31.4 Å². The van der Waals surface area contributed by atoms with Crippen molar-refractivity contribution in [3.63, 3.8) is 0 Å². The van der Waals surface area contributed by atoms with Crippen molar-refractivity contribution >= 4 is 5.91 Å². The second kappa shape index (κ2) is 7.23. The van der Waals surface area contributed by atoms with E-state index in [1.165, 1.54) is 25.7 Å². The molecule has 26 heavy (non-hydrogen) atoms. The van der Waals surface area contributed by atoms with E-state index in [0.29, 0.717) is 24.8 Å². The Morgan fingerprint density at radius 1 is 1.12 bits per heavy atom. The minimum atomic E-state index is 0.0151. The van der Waals surface area contributed by atoms with Crippen LogP contribution < -0.4 is 0 Å². The lowest BCUT2D eigenvalue weighted by molar-refractivity contribution is -0.132. The molecule has 2 aliphatic rings. The fraction of sp³-hybridized carbons (Fsp3) is 0.400. The zero-order valence-corrected chi connectivity index (χ0v) is 14.8. The van der Waals surface area contributed by atoms with Crippen LogP contribution in [0.3, 0.4) is 0 Å². The van der Waals surface area contributed by atoms with Gasteiger partial charge in [0.05, 0.1) is 23.6 Å². The summed E-state index contributed by atoms with van der Waals surface area (Å²) in [5.74, 6) is 0.0151. The summed E-state index contributed by atoms with van der Waals surface area (Å²) in [5.41, 5.74) is 3.13. The van der Waals surface area contributed by atoms with Crippen molar-refractivity contribution < 1.29 is 4.79 Å². The lowest BCUT2D eigenvalue weighted by Gasteiger charge is -2.40. The molecule has 0 bridgehead atoms. The van der Waals surface area contributed by atoms with Crippen molar-refractivity contribution in [1.29, 1.82) is 0 Å². The molecule has 1 saturated heterocycles. The smallest absolute Gasteiger partial charge is 0.269 e. The summed E-state index contributed by atoms with van der Waals surface area (Å²) in [6.45, 7) is 6.09. The Hall–Kier alpha value is -2.76. The highest BCUT2D eigenvalue weighted by atomic mass is 16.2. The maximum Gasteiger partial charge on any atom is 0.269 e. The van der Waals surface area contributed by atoms with Gasteiger partial charge in [-0.3, -0.25) is 9.78 Å². The quantitative estimate of drug-likeness (QED) is 0.794. The minimum Gasteiger partial charge on any atom is -0.363 e. The summed E-state index contributed by atoms with van der Waals surface area (Å²) in [4.78, 5) is 20.8. The molecule has 6 nitrogen and oxygen atoms in total. The van der Waals surface area contributed by atoms with E-state index in [0.717, 1.165) is 23.5 Å². The van der Waals surface area contributed by atoms with Crippen LogP contribution in [0.15, 0.2) is 48.9 Å². The fourth-order valence-corrected chi connectivity index (χ4v) is 3.85. The first-order chi connectivity index (χ1) is 12.7. The number of rotatable bonds is 4. The van der Waals surface area contributed by atoms with E-state index in [9.17, 15) is 4.79 Å². The molecule has 6 heteroatoms. The molecular weight excluding hydrogens is 326 g/mol. The molecule has 134 valence electrons. The van der Waals surface area contributed by atoms with Crippen LogP contribution in [-0.4, -0.2) is 50.0 Å². The average Bonchev–Trinajstić information content (AvgIpc) is 3.21. The van der Waals surface area contributed by atoms with Crippen molar-refractivity contribution in [2.75, 3.05) is 13.1 Å². The van der Waals surface area contributed by atoms with Gasteiger partial charge >= 0.3 is 0 Å². The Morgan fingerprint density at radius 2 is 1.96 bits per heavy atom. The van der Waals surface area contributed by atoms with E-state index in [-0.39, 0.29) is 5.91 Å². The normalized spacial score (nSPS) is 18.6. The van der Waals surface area contributed by atoms with Crippen LogP contribution in [0.25, 0.3) is 11.3 Å². The summed E-state index contributed by atoms with van der Waals surface area (Å²) >= 11 is 0. The van der Waals surface area contributed by atoms with Crippen molar-refractivity contribution in [1.82, 2.24) is 25.0 Å². The van der Waals surface area contributed by atoms with Gasteiger partial charge < -0.3 is 9.80 Å². The maximum atomic E-state index is 12.7. The number of piperazine rings is 1. The Kier molecular flexibility index (Phi) is 4.65. The van der Waals surface area contributed by atoms with Crippen LogP contribution in [-0.2, 0) is 11.3 Å². The Morgan fingerprint density at radius 3 is 2.65 bits per heavy atom. The number of hydrogen-bond acceptors (Lipinski definition) is 5. The topological polar surface area (TPSA) is 62.2 Å². The van der Waals surface area contributed by atoms with Crippen LogP contribution in [0.5, 0.6) is 0 Å². The highest BCUT2D eigenvalue weighted by Crippen LogP contribution is 2.28. The number of aromatic nitrogens is 3. The van der Waals surface area contributed by atoms with E-state index in [2.05, 4.69) is 26.7 Å². The summed E-state index contributed by atoms with van der Waals surface area (Å²) in [7, 11) is 0. The molecule has 3 heterocycles. The average molecular weight is 349 g/mol. The third-order valence-electron chi connectivity index (χ3n) is 5.29. The summed E-state index contributed by atoms with van der Waals surface area (Å²) in [6.07, 6.45) is 8.35. The molecule has 0 aromatic carbocycles. The van der Waals surface area contributed by atoms with Gasteiger partial charge in [0, 0.05) is 37.1 Å². The predicted molar refractivity (Wildman–Crippen MR) is 98.8 cm³/mol. The van der Waals surface area contributed by atoms with Gasteiger partial charge in [-0.2, -0.15) is 10.2 Å². The largest absolute Gasteiger partial charge is 0.363 e. The summed E-state index contributed by atoms with van der Waals surface area (Å²) in [5, 5.41) is 8.57. The predicted octanol–water partition coefficient (Wildman–Crippen LogP) is 2.64. The number of hydrogen-bond donors (Lipinski definition) is 0. The third-order valence-corrected chi connectivity index (χ3v) is 5.29. The molecule has 2 fully saturated rings. The molecule has 1 amide bonds. The van der Waals surface area contributed by atoms with Crippen molar-refractivity contribution in [3.8, 4) is 11.3 Å². The fourth-order valence-electron chi connectivity index (χ4n) is 3.85. The van der Waals surface area contributed by atoms with E-state index in [4.69, 9.17) is 0 Å². The number of carbonyl (C=O) groups is 1. The van der Waals surface area contributed by atoms with E-state index < -0.39 is 0 Å². The van der Waals surface area contributed by atoms with Gasteiger partial charge in [-0.25, -0.2) is 0 Å². The molecule has 0 radical (unpaired) electrons. The Balaban J connectivity index is 1.41. The first-order valence-electron chi connectivity index (χ1n) is 9.20. The molecule has 1 aliphatic carbocycles. The molecule has 2 aromatic heterocycles. The standard InChI is InChI=1S/C20H23N5O/c1-15-20(26)24(11-12-25(15)18-6-2-3-7-18)14-17-8-9-19(23-22-17)16-5-4-10-21-13-16/h4-5,8-10,13,18H,1-3,6-7,11-12,14H2. The molecular formula is C20H23N5O. The minimum absolute atomic E-state index is 0.0151. The molecule has 0 spiro atoms. The maximum absolute atomic E-state index is 12.7. The molecule has 0 unspecified atom stereocenters. The van der Waals surface area contributed by atoms with Gasteiger partial charge in [0.25, 0.3) is 5.91 Å². The zero-order chi connectivity index (χ0) is 17.9. The van der Waals surface area contributed by atoms with Crippen molar-refractivity contribution in [2.45, 2.75) is 38.3 Å². The number of amides is 1. The lowest BCUT2D eigenvalue weighted by Crippen LogP contribution is -2.50. The van der Waals surface area contributed by atoms with Gasteiger partial charge in [-0.05, 0) is 37.1 Å². The van der Waals surface area contributed by atoms with Gasteiger partial charge in [-0.1, -0.05) is 19.4 Å². The molecule has 2 aromatic rings. The van der Waals surface area contributed by atoms with Crippen molar-refractivity contribution in [2.24, 2.45) is 0 Å². The van der Waals surface area contributed by atoms with Crippen LogP contribution in [0.2, 0.25) is 0 Å². The van der Waals surface area contributed by atoms with Gasteiger partial charge in [0.15, 0.2) is 0 Å². The van der Waals surface area contributed by atoms with Crippen molar-refractivity contribution in [3.05, 3.63) is 54.6 Å². The highest BCUT2D eigenvalue weighted by molar-refractivity contribution is 5.93. The summed E-state index contributed by atoms with van der Waals surface area (Å²) in [6, 6.07) is 8.17. The van der Waals surface area contributed by atoms with Crippen LogP contribution in [0, 0.1) is 0 Å². The lowest BCUT2D eigenvalue weighted by atomic mass is 10.1.